The number of hydrogen-bond donors (Lipinski definition) is 1. The van der Waals surface area contributed by atoms with E-state index < -0.39 is 11.0 Å². The topological polar surface area (TPSA) is 82.0 Å². The summed E-state index contributed by atoms with van der Waals surface area (Å²) in [5.74, 6) is 2.58. The van der Waals surface area contributed by atoms with Gasteiger partial charge in [0.1, 0.15) is 24.8 Å². The van der Waals surface area contributed by atoms with E-state index in [1.807, 2.05) is 38.1 Å². The van der Waals surface area contributed by atoms with Crippen LogP contribution in [-0.4, -0.2) is 34.2 Å². The molecular weight excluding hydrogens is 426 g/mol. The number of benzene rings is 2. The fraction of sp³-hybridized carbons (Fsp3) is 0.250. The maximum atomic E-state index is 12.9. The van der Waals surface area contributed by atoms with Crippen molar-refractivity contribution in [3.05, 3.63) is 71.4 Å². The molecule has 0 saturated heterocycles. The summed E-state index contributed by atoms with van der Waals surface area (Å²) in [4.78, 5) is 9.64. The minimum atomic E-state index is -1.51. The number of anilines is 1. The summed E-state index contributed by atoms with van der Waals surface area (Å²) < 4.78 is 32.8. The zero-order valence-corrected chi connectivity index (χ0v) is 18.6. The molecule has 1 N–H and O–H groups in total. The largest absolute Gasteiger partial charge is 0.491 e. The van der Waals surface area contributed by atoms with Crippen molar-refractivity contribution in [3.63, 3.8) is 0 Å². The van der Waals surface area contributed by atoms with Crippen LogP contribution in [0.4, 0.5) is 5.82 Å². The molecule has 0 radical (unpaired) electrons. The van der Waals surface area contributed by atoms with Gasteiger partial charge in [-0.25, -0.2) is 9.19 Å². The number of pyridine rings is 1. The van der Waals surface area contributed by atoms with Crippen molar-refractivity contribution < 1.29 is 18.4 Å². The van der Waals surface area contributed by atoms with Crippen LogP contribution in [0.1, 0.15) is 30.5 Å². The molecule has 1 unspecified atom stereocenters. The Morgan fingerprint density at radius 1 is 1.03 bits per heavy atom. The first kappa shape index (κ1) is 20.5. The van der Waals surface area contributed by atoms with Crippen molar-refractivity contribution in [1.29, 1.82) is 0 Å². The number of nitrogens with zero attached hydrogens (tertiary/aromatic N) is 2. The molecule has 0 fully saturated rings. The minimum Gasteiger partial charge on any atom is -0.491 e. The Morgan fingerprint density at radius 3 is 2.72 bits per heavy atom. The van der Waals surface area contributed by atoms with Gasteiger partial charge in [-0.05, 0) is 55.8 Å². The van der Waals surface area contributed by atoms with Gasteiger partial charge in [-0.2, -0.15) is 0 Å². The number of fused-ring (bicyclic) bond motifs is 2. The summed E-state index contributed by atoms with van der Waals surface area (Å²) in [7, 11) is -1.51. The van der Waals surface area contributed by atoms with Gasteiger partial charge in [-0.1, -0.05) is 6.07 Å². The number of aliphatic imine (C=N–C) groups is 1. The third-order valence-corrected chi connectivity index (χ3v) is 6.15. The van der Waals surface area contributed by atoms with E-state index in [2.05, 4.69) is 15.8 Å². The van der Waals surface area contributed by atoms with Gasteiger partial charge in [-0.15, -0.1) is 0 Å². The van der Waals surface area contributed by atoms with Gasteiger partial charge in [0.05, 0.1) is 23.3 Å². The number of nitrogens with one attached hydrogen (secondary N) is 1. The summed E-state index contributed by atoms with van der Waals surface area (Å²) in [5.41, 5.74) is 3.99. The molecule has 164 valence electrons. The standard InChI is InChI=1S/C24H23N3O4S/c1-15(2)31-18-4-3-17-14-26-24(20(17)12-18)16-7-8-25-23(11-16)27-32(28)19-5-6-21-22(13-19)30-10-9-29-21/h3-8,11-13,15H,9-10,14H2,1-2H3,(H,25,27). The molecule has 0 spiro atoms. The SMILES string of the molecule is CC(C)Oc1ccc2c(c1)C(c1ccnc(NS(=O)c3ccc4c(c3)OCCO4)c1)=NC2. The molecule has 7 nitrogen and oxygen atoms in total. The monoisotopic (exact) mass is 449 g/mol. The van der Waals surface area contributed by atoms with E-state index in [0.29, 0.717) is 42.0 Å². The van der Waals surface area contributed by atoms with Crippen LogP contribution in [-0.2, 0) is 17.5 Å². The molecule has 5 rings (SSSR count). The van der Waals surface area contributed by atoms with Crippen molar-refractivity contribution in [2.24, 2.45) is 4.99 Å². The molecule has 2 aliphatic heterocycles. The molecular formula is C24H23N3O4S. The van der Waals surface area contributed by atoms with Crippen LogP contribution >= 0.6 is 0 Å². The first-order valence-electron chi connectivity index (χ1n) is 10.5. The van der Waals surface area contributed by atoms with Crippen LogP contribution in [0.3, 0.4) is 0 Å². The van der Waals surface area contributed by atoms with Gasteiger partial charge < -0.3 is 14.2 Å². The molecule has 0 aliphatic carbocycles. The zero-order valence-electron chi connectivity index (χ0n) is 17.8. The number of hydrogen-bond acceptors (Lipinski definition) is 6. The van der Waals surface area contributed by atoms with Gasteiger partial charge in [-0.3, -0.25) is 9.71 Å². The number of ether oxygens (including phenoxy) is 3. The maximum absolute atomic E-state index is 12.9. The lowest BCUT2D eigenvalue weighted by molar-refractivity contribution is 0.171. The first-order valence-corrected chi connectivity index (χ1v) is 11.6. The molecule has 32 heavy (non-hydrogen) atoms. The highest BCUT2D eigenvalue weighted by molar-refractivity contribution is 7.86. The molecule has 2 aromatic carbocycles. The first-order chi connectivity index (χ1) is 15.6. The Labute approximate surface area is 189 Å². The molecule has 0 bridgehead atoms. The third-order valence-electron chi connectivity index (χ3n) is 5.07. The van der Waals surface area contributed by atoms with Crippen molar-refractivity contribution >= 4 is 22.5 Å². The average molecular weight is 450 g/mol. The summed E-state index contributed by atoms with van der Waals surface area (Å²) in [6, 6.07) is 15.1. The van der Waals surface area contributed by atoms with Gasteiger partial charge in [0.2, 0.25) is 0 Å². The van der Waals surface area contributed by atoms with Gasteiger partial charge in [0.25, 0.3) is 0 Å². The fourth-order valence-electron chi connectivity index (χ4n) is 3.68. The second kappa shape index (κ2) is 8.63. The predicted molar refractivity (Wildman–Crippen MR) is 123 cm³/mol. The molecule has 8 heteroatoms. The van der Waals surface area contributed by atoms with Crippen molar-refractivity contribution in [1.82, 2.24) is 4.98 Å². The van der Waals surface area contributed by atoms with Gasteiger partial charge in [0, 0.05) is 23.4 Å². The Bertz CT molecular complexity index is 1230. The highest BCUT2D eigenvalue weighted by Crippen LogP contribution is 2.32. The van der Waals surface area contributed by atoms with Crippen LogP contribution < -0.4 is 18.9 Å². The Kier molecular flexibility index (Phi) is 5.53. The second-order valence-electron chi connectivity index (χ2n) is 7.76. The Hall–Kier alpha value is -3.39. The van der Waals surface area contributed by atoms with Crippen molar-refractivity contribution in [3.8, 4) is 17.2 Å². The van der Waals surface area contributed by atoms with Crippen LogP contribution in [0.2, 0.25) is 0 Å². The fourth-order valence-corrected chi connectivity index (χ4v) is 4.51. The van der Waals surface area contributed by atoms with E-state index in [-0.39, 0.29) is 6.10 Å². The molecule has 3 heterocycles. The summed E-state index contributed by atoms with van der Waals surface area (Å²) >= 11 is 0. The van der Waals surface area contributed by atoms with E-state index in [4.69, 9.17) is 19.2 Å². The van der Waals surface area contributed by atoms with Gasteiger partial charge >= 0.3 is 0 Å². The smallest absolute Gasteiger partial charge is 0.162 e. The molecule has 3 aromatic rings. The number of aromatic nitrogens is 1. The van der Waals surface area contributed by atoms with Crippen LogP contribution in [0.15, 0.2) is 64.6 Å². The molecule has 0 saturated carbocycles. The van der Waals surface area contributed by atoms with E-state index in [1.54, 1.807) is 24.4 Å². The molecule has 1 aromatic heterocycles. The molecule has 1 atom stereocenters. The lowest BCUT2D eigenvalue weighted by Gasteiger charge is -2.18. The van der Waals surface area contributed by atoms with Crippen molar-refractivity contribution in [2.45, 2.75) is 31.4 Å². The van der Waals surface area contributed by atoms with E-state index in [0.717, 1.165) is 28.2 Å². The molecule has 2 aliphatic rings. The third kappa shape index (κ3) is 4.18. The zero-order chi connectivity index (χ0) is 22.1. The summed E-state index contributed by atoms with van der Waals surface area (Å²) in [6.45, 7) is 5.63. The summed E-state index contributed by atoms with van der Waals surface area (Å²) in [6.07, 6.45) is 1.79. The number of rotatable bonds is 6. The Balaban J connectivity index is 1.37. The normalized spacial score (nSPS) is 15.2. The van der Waals surface area contributed by atoms with Crippen molar-refractivity contribution in [2.75, 3.05) is 17.9 Å². The average Bonchev–Trinajstić information content (AvgIpc) is 3.22. The molecule has 0 amide bonds. The lowest BCUT2D eigenvalue weighted by Crippen LogP contribution is -2.16. The highest BCUT2D eigenvalue weighted by atomic mass is 32.2. The van der Waals surface area contributed by atoms with Crippen LogP contribution in [0.5, 0.6) is 17.2 Å². The maximum Gasteiger partial charge on any atom is 0.162 e. The summed E-state index contributed by atoms with van der Waals surface area (Å²) in [5, 5.41) is 0. The second-order valence-corrected chi connectivity index (χ2v) is 8.97. The van der Waals surface area contributed by atoms with Gasteiger partial charge in [0.15, 0.2) is 22.5 Å². The van der Waals surface area contributed by atoms with E-state index in [1.165, 1.54) is 0 Å². The minimum absolute atomic E-state index is 0.0992. The van der Waals surface area contributed by atoms with E-state index in [9.17, 15) is 4.21 Å². The van der Waals surface area contributed by atoms with E-state index >= 15 is 0 Å². The lowest BCUT2D eigenvalue weighted by atomic mass is 10.0. The van der Waals surface area contributed by atoms with Crippen LogP contribution in [0, 0.1) is 0 Å². The van der Waals surface area contributed by atoms with Crippen LogP contribution in [0.25, 0.3) is 0 Å². The predicted octanol–water partition coefficient (Wildman–Crippen LogP) is 4.13. The highest BCUT2D eigenvalue weighted by Gasteiger charge is 2.20. The quantitative estimate of drug-likeness (QED) is 0.612. The Morgan fingerprint density at radius 2 is 1.88 bits per heavy atom.